The number of rotatable bonds is 3. The van der Waals surface area contributed by atoms with Crippen LogP contribution in [0, 0.1) is 6.92 Å². The van der Waals surface area contributed by atoms with Crippen LogP contribution in [0.3, 0.4) is 0 Å². The van der Waals surface area contributed by atoms with Crippen molar-refractivity contribution >= 4 is 17.5 Å². The van der Waals surface area contributed by atoms with Crippen molar-refractivity contribution in [1.82, 2.24) is 9.78 Å². The molecule has 0 saturated heterocycles. The summed E-state index contributed by atoms with van der Waals surface area (Å²) in [6, 6.07) is 0. The van der Waals surface area contributed by atoms with E-state index in [0.717, 1.165) is 0 Å². The maximum Gasteiger partial charge on any atom is 0.254 e. The number of carbonyl (C=O) groups is 1. The highest BCUT2D eigenvalue weighted by molar-refractivity contribution is 6.33. The van der Waals surface area contributed by atoms with Crippen molar-refractivity contribution in [3.8, 4) is 0 Å². The van der Waals surface area contributed by atoms with Crippen molar-refractivity contribution in [3.63, 3.8) is 0 Å². The first-order valence-electron chi connectivity index (χ1n) is 4.05. The molecule has 0 N–H and O–H groups in total. The Kier molecular flexibility index (Phi) is 3.49. The van der Waals surface area contributed by atoms with Gasteiger partial charge in [0.25, 0.3) is 5.91 Å². The van der Waals surface area contributed by atoms with E-state index in [4.69, 9.17) is 17.1 Å². The molecule has 1 aromatic rings. The minimum absolute atomic E-state index is 0.135. The Balaban J connectivity index is 3.23. The summed E-state index contributed by atoms with van der Waals surface area (Å²) in [6.45, 7) is 5.54. The van der Waals surface area contributed by atoms with Crippen molar-refractivity contribution < 1.29 is 4.79 Å². The first kappa shape index (κ1) is 11.3. The fourth-order valence-electron chi connectivity index (χ4n) is 1.13. The van der Waals surface area contributed by atoms with Gasteiger partial charge in [-0.1, -0.05) is 17.7 Å². The van der Waals surface area contributed by atoms with Crippen LogP contribution in [0.5, 0.6) is 0 Å². The Bertz CT molecular complexity index is 458. The molecule has 0 aliphatic heterocycles. The van der Waals surface area contributed by atoms with E-state index in [0.29, 0.717) is 12.2 Å². The van der Waals surface area contributed by atoms with E-state index < -0.39 is 5.91 Å². The van der Waals surface area contributed by atoms with Gasteiger partial charge in [0.05, 0.1) is 17.8 Å². The first-order valence-corrected chi connectivity index (χ1v) is 4.42. The Labute approximate surface area is 90.8 Å². The molecule has 0 aliphatic rings. The molecule has 0 atom stereocenters. The third kappa shape index (κ3) is 2.18. The highest BCUT2D eigenvalue weighted by atomic mass is 35.5. The summed E-state index contributed by atoms with van der Waals surface area (Å²) in [7, 11) is 0. The quantitative estimate of drug-likeness (QED) is 0.343. The molecule has 1 rings (SSSR count). The number of hydrogen-bond acceptors (Lipinski definition) is 2. The molecule has 6 nitrogen and oxygen atoms in total. The molecule has 7 heteroatoms. The van der Waals surface area contributed by atoms with Crippen LogP contribution in [-0.2, 0) is 6.54 Å². The molecule has 0 aromatic carbocycles. The number of halogens is 1. The maximum atomic E-state index is 11.3. The third-order valence-electron chi connectivity index (χ3n) is 1.72. The van der Waals surface area contributed by atoms with Crippen molar-refractivity contribution in [2.75, 3.05) is 0 Å². The summed E-state index contributed by atoms with van der Waals surface area (Å²) in [5.74, 6) is -0.727. The van der Waals surface area contributed by atoms with Crippen LogP contribution in [0.4, 0.5) is 0 Å². The second-order valence-electron chi connectivity index (χ2n) is 2.72. The van der Waals surface area contributed by atoms with Crippen molar-refractivity contribution in [3.05, 3.63) is 39.5 Å². The first-order chi connectivity index (χ1) is 7.11. The number of aryl methyl sites for hydroxylation is 1. The minimum atomic E-state index is -0.727. The topological polar surface area (TPSA) is 83.7 Å². The van der Waals surface area contributed by atoms with Gasteiger partial charge in [-0.2, -0.15) is 5.10 Å². The molecule has 1 aromatic heterocycles. The number of azide groups is 1. The molecule has 0 radical (unpaired) electrons. The average Bonchev–Trinajstić information content (AvgIpc) is 2.43. The molecule has 15 heavy (non-hydrogen) atoms. The number of allylic oxidation sites excluding steroid dienone is 1. The van der Waals surface area contributed by atoms with E-state index in [1.807, 2.05) is 0 Å². The molecule has 0 bridgehead atoms. The normalized spacial score (nSPS) is 9.47. The van der Waals surface area contributed by atoms with E-state index in [1.165, 1.54) is 4.68 Å². The molecule has 1 amide bonds. The lowest BCUT2D eigenvalue weighted by atomic mass is 10.2. The molecule has 0 spiro atoms. The Morgan fingerprint density at radius 2 is 2.53 bits per heavy atom. The van der Waals surface area contributed by atoms with Crippen LogP contribution in [0.2, 0.25) is 5.15 Å². The molecule has 1 heterocycles. The zero-order valence-electron chi connectivity index (χ0n) is 8.01. The Morgan fingerprint density at radius 1 is 1.87 bits per heavy atom. The van der Waals surface area contributed by atoms with Crippen LogP contribution in [0.25, 0.3) is 10.4 Å². The number of carbonyl (C=O) groups excluding carboxylic acids is 1. The monoisotopic (exact) mass is 225 g/mol. The summed E-state index contributed by atoms with van der Waals surface area (Å²) in [5.41, 5.74) is 8.71. The Hall–Kier alpha value is -1.78. The van der Waals surface area contributed by atoms with Gasteiger partial charge in [0.15, 0.2) is 0 Å². The molecule has 78 valence electrons. The van der Waals surface area contributed by atoms with Crippen LogP contribution in [0.15, 0.2) is 17.8 Å². The molecular formula is C8H8ClN5O. The zero-order chi connectivity index (χ0) is 11.4. The molecule has 0 fully saturated rings. The van der Waals surface area contributed by atoms with Gasteiger partial charge in [-0.25, -0.2) is 4.68 Å². The second kappa shape index (κ2) is 4.63. The summed E-state index contributed by atoms with van der Waals surface area (Å²) in [6.07, 6.45) is 1.60. The summed E-state index contributed by atoms with van der Waals surface area (Å²) >= 11 is 5.89. The summed E-state index contributed by atoms with van der Waals surface area (Å²) < 4.78 is 1.41. The maximum absolute atomic E-state index is 11.3. The molecular weight excluding hydrogens is 218 g/mol. The van der Waals surface area contributed by atoms with E-state index in [9.17, 15) is 4.79 Å². The number of nitrogens with zero attached hydrogens (tertiary/aromatic N) is 5. The van der Waals surface area contributed by atoms with Crippen LogP contribution in [0.1, 0.15) is 16.1 Å². The largest absolute Gasteiger partial charge is 0.287 e. The van der Waals surface area contributed by atoms with Crippen LogP contribution >= 0.6 is 11.6 Å². The van der Waals surface area contributed by atoms with Gasteiger partial charge in [0, 0.05) is 4.91 Å². The predicted molar refractivity (Wildman–Crippen MR) is 55.6 cm³/mol. The van der Waals surface area contributed by atoms with Crippen molar-refractivity contribution in [2.45, 2.75) is 13.5 Å². The average molecular weight is 226 g/mol. The predicted octanol–water partition coefficient (Wildman–Crippen LogP) is 2.48. The van der Waals surface area contributed by atoms with E-state index in [2.05, 4.69) is 21.7 Å². The Morgan fingerprint density at radius 3 is 3.07 bits per heavy atom. The van der Waals surface area contributed by atoms with Gasteiger partial charge in [-0.3, -0.25) is 4.79 Å². The highest BCUT2D eigenvalue weighted by Crippen LogP contribution is 2.20. The fourth-order valence-corrected chi connectivity index (χ4v) is 1.45. The van der Waals surface area contributed by atoms with Crippen molar-refractivity contribution in [2.24, 2.45) is 5.11 Å². The van der Waals surface area contributed by atoms with Crippen molar-refractivity contribution in [1.29, 1.82) is 0 Å². The summed E-state index contributed by atoms with van der Waals surface area (Å²) in [4.78, 5) is 13.7. The molecule has 0 aliphatic carbocycles. The highest BCUT2D eigenvalue weighted by Gasteiger charge is 2.18. The lowest BCUT2D eigenvalue weighted by molar-refractivity contribution is 0.1000. The van der Waals surface area contributed by atoms with E-state index in [-0.39, 0.29) is 10.7 Å². The minimum Gasteiger partial charge on any atom is -0.287 e. The van der Waals surface area contributed by atoms with Gasteiger partial charge in [0.2, 0.25) is 0 Å². The lowest BCUT2D eigenvalue weighted by Crippen LogP contribution is -1.98. The standard InChI is InChI=1S/C8H8ClN5O/c1-3-4-14-7(9)6(5(2)12-14)8(15)11-13-10/h3H,1,4H2,2H3. The molecule has 0 unspecified atom stereocenters. The number of amides is 1. The smallest absolute Gasteiger partial charge is 0.254 e. The van der Waals surface area contributed by atoms with Crippen LogP contribution in [-0.4, -0.2) is 15.7 Å². The third-order valence-corrected chi connectivity index (χ3v) is 2.10. The van der Waals surface area contributed by atoms with Gasteiger partial charge < -0.3 is 0 Å². The summed E-state index contributed by atoms with van der Waals surface area (Å²) in [5, 5.41) is 7.14. The SMILES string of the molecule is C=CCn1nc(C)c(C(=O)N=[N+]=[N-])c1Cl. The van der Waals surface area contributed by atoms with Crippen LogP contribution < -0.4 is 0 Å². The van der Waals surface area contributed by atoms with Gasteiger partial charge >= 0.3 is 0 Å². The zero-order valence-corrected chi connectivity index (χ0v) is 8.77. The van der Waals surface area contributed by atoms with E-state index >= 15 is 0 Å². The number of hydrogen-bond donors (Lipinski definition) is 0. The lowest BCUT2D eigenvalue weighted by Gasteiger charge is -1.96. The second-order valence-corrected chi connectivity index (χ2v) is 3.07. The van der Waals surface area contributed by atoms with Gasteiger partial charge in [0.1, 0.15) is 5.15 Å². The van der Waals surface area contributed by atoms with E-state index in [1.54, 1.807) is 13.0 Å². The fraction of sp³-hybridized carbons (Fsp3) is 0.250. The van der Waals surface area contributed by atoms with Gasteiger partial charge in [-0.15, -0.1) is 6.58 Å². The number of aromatic nitrogens is 2. The van der Waals surface area contributed by atoms with Gasteiger partial charge in [-0.05, 0) is 17.6 Å². The molecule has 0 saturated carbocycles.